The molecular weight excluding hydrogens is 232 g/mol. The zero-order valence-electron chi connectivity index (χ0n) is 8.33. The highest BCUT2D eigenvalue weighted by Gasteiger charge is 2.20. The minimum absolute atomic E-state index is 0.266. The number of rotatable bonds is 5. The quantitative estimate of drug-likeness (QED) is 0.657. The highest BCUT2D eigenvalue weighted by atomic mass is 32.2. The molecule has 1 unspecified atom stereocenters. The highest BCUT2D eigenvalue weighted by molar-refractivity contribution is 7.87. The second-order valence-corrected chi connectivity index (χ2v) is 4.57. The van der Waals surface area contributed by atoms with Crippen LogP contribution in [0.2, 0.25) is 0 Å². The molecule has 88 valence electrons. The van der Waals surface area contributed by atoms with Crippen LogP contribution in [-0.2, 0) is 15.0 Å². The summed E-state index contributed by atoms with van der Waals surface area (Å²) in [5.41, 5.74) is 0.520. The SMILES string of the molecule is NS(=O)(=O)NCC(C(=O)O)c1ccccc1. The first-order valence-corrected chi connectivity index (χ1v) is 6.00. The van der Waals surface area contributed by atoms with Gasteiger partial charge in [0.05, 0.1) is 5.92 Å². The minimum atomic E-state index is -3.87. The van der Waals surface area contributed by atoms with Crippen LogP contribution in [0.1, 0.15) is 11.5 Å². The lowest BCUT2D eigenvalue weighted by Gasteiger charge is -2.12. The van der Waals surface area contributed by atoms with Gasteiger partial charge in [0.2, 0.25) is 0 Å². The predicted molar refractivity (Wildman–Crippen MR) is 57.9 cm³/mol. The fourth-order valence-electron chi connectivity index (χ4n) is 1.23. The fourth-order valence-corrected chi connectivity index (χ4v) is 1.63. The molecular formula is C9H12N2O4S. The second kappa shape index (κ2) is 5.06. The molecule has 7 heteroatoms. The van der Waals surface area contributed by atoms with E-state index in [9.17, 15) is 13.2 Å². The van der Waals surface area contributed by atoms with Crippen LogP contribution in [0.5, 0.6) is 0 Å². The zero-order valence-corrected chi connectivity index (χ0v) is 9.15. The Kier molecular flexibility index (Phi) is 3.99. The smallest absolute Gasteiger partial charge is 0.312 e. The molecule has 1 aromatic carbocycles. The van der Waals surface area contributed by atoms with Gasteiger partial charge in [0, 0.05) is 6.54 Å². The Balaban J connectivity index is 2.81. The van der Waals surface area contributed by atoms with Gasteiger partial charge < -0.3 is 5.11 Å². The molecule has 16 heavy (non-hydrogen) atoms. The Labute approximate surface area is 93.3 Å². The molecule has 0 heterocycles. The van der Waals surface area contributed by atoms with Crippen molar-refractivity contribution in [2.75, 3.05) is 6.54 Å². The lowest BCUT2D eigenvalue weighted by molar-refractivity contribution is -0.138. The van der Waals surface area contributed by atoms with Crippen LogP contribution in [0, 0.1) is 0 Å². The van der Waals surface area contributed by atoms with Crippen molar-refractivity contribution < 1.29 is 18.3 Å². The first-order chi connectivity index (χ1) is 7.40. The van der Waals surface area contributed by atoms with Gasteiger partial charge in [-0.05, 0) is 5.56 Å². The van der Waals surface area contributed by atoms with Crippen molar-refractivity contribution in [3.8, 4) is 0 Å². The number of hydrogen-bond acceptors (Lipinski definition) is 3. The van der Waals surface area contributed by atoms with Gasteiger partial charge in [-0.15, -0.1) is 0 Å². The van der Waals surface area contributed by atoms with Crippen molar-refractivity contribution in [2.24, 2.45) is 5.14 Å². The normalized spacial score (nSPS) is 13.3. The highest BCUT2D eigenvalue weighted by Crippen LogP contribution is 2.14. The Morgan fingerprint density at radius 2 is 1.94 bits per heavy atom. The van der Waals surface area contributed by atoms with E-state index in [1.54, 1.807) is 30.3 Å². The molecule has 0 saturated heterocycles. The average Bonchev–Trinajstić information content (AvgIpc) is 2.17. The van der Waals surface area contributed by atoms with Crippen LogP contribution in [0.15, 0.2) is 30.3 Å². The molecule has 1 rings (SSSR count). The summed E-state index contributed by atoms with van der Waals surface area (Å²) in [6.07, 6.45) is 0. The lowest BCUT2D eigenvalue weighted by atomic mass is 10.00. The number of nitrogens with one attached hydrogen (secondary N) is 1. The van der Waals surface area contributed by atoms with Gasteiger partial charge in [-0.1, -0.05) is 30.3 Å². The van der Waals surface area contributed by atoms with Gasteiger partial charge in [0.25, 0.3) is 10.2 Å². The van der Waals surface area contributed by atoms with E-state index in [0.717, 1.165) is 0 Å². The molecule has 0 bridgehead atoms. The van der Waals surface area contributed by atoms with Gasteiger partial charge >= 0.3 is 5.97 Å². The molecule has 0 spiro atoms. The van der Waals surface area contributed by atoms with Gasteiger partial charge in [0.15, 0.2) is 0 Å². The molecule has 6 nitrogen and oxygen atoms in total. The molecule has 0 aromatic heterocycles. The number of carboxylic acids is 1. The monoisotopic (exact) mass is 244 g/mol. The summed E-state index contributed by atoms with van der Waals surface area (Å²) in [6.45, 7) is -0.266. The summed E-state index contributed by atoms with van der Waals surface area (Å²) in [6, 6.07) is 8.34. The summed E-state index contributed by atoms with van der Waals surface area (Å²) in [5.74, 6) is -2.05. The van der Waals surface area contributed by atoms with Crippen molar-refractivity contribution in [3.05, 3.63) is 35.9 Å². The number of hydrogen-bond donors (Lipinski definition) is 3. The van der Waals surface area contributed by atoms with E-state index in [4.69, 9.17) is 10.2 Å². The van der Waals surface area contributed by atoms with Crippen molar-refractivity contribution in [2.45, 2.75) is 5.92 Å². The van der Waals surface area contributed by atoms with Crippen molar-refractivity contribution in [1.82, 2.24) is 4.72 Å². The van der Waals surface area contributed by atoms with Gasteiger partial charge in [-0.25, -0.2) is 9.86 Å². The summed E-state index contributed by atoms with van der Waals surface area (Å²) in [4.78, 5) is 10.9. The van der Waals surface area contributed by atoms with E-state index < -0.39 is 22.1 Å². The Hall–Kier alpha value is -1.44. The topological polar surface area (TPSA) is 109 Å². The van der Waals surface area contributed by atoms with Crippen LogP contribution in [0.4, 0.5) is 0 Å². The van der Waals surface area contributed by atoms with Crippen LogP contribution < -0.4 is 9.86 Å². The van der Waals surface area contributed by atoms with E-state index in [1.807, 2.05) is 4.72 Å². The number of aliphatic carboxylic acids is 1. The van der Waals surface area contributed by atoms with E-state index >= 15 is 0 Å². The first-order valence-electron chi connectivity index (χ1n) is 4.45. The van der Waals surface area contributed by atoms with Crippen LogP contribution in [0.25, 0.3) is 0 Å². The standard InChI is InChI=1S/C9H12N2O4S/c10-16(14,15)11-6-8(9(12)13)7-4-2-1-3-5-7/h1-5,8,11H,6H2,(H,12,13)(H2,10,14,15). The maximum Gasteiger partial charge on any atom is 0.312 e. The van der Waals surface area contributed by atoms with Gasteiger partial charge in [-0.2, -0.15) is 8.42 Å². The molecule has 0 amide bonds. The maximum absolute atomic E-state index is 10.9. The Bertz CT molecular complexity index is 458. The molecule has 0 aliphatic rings. The summed E-state index contributed by atoms with van der Waals surface area (Å²) >= 11 is 0. The number of carbonyl (C=O) groups is 1. The zero-order chi connectivity index (χ0) is 12.2. The van der Waals surface area contributed by atoms with Crippen molar-refractivity contribution in [1.29, 1.82) is 0 Å². The second-order valence-electron chi connectivity index (χ2n) is 3.19. The minimum Gasteiger partial charge on any atom is -0.481 e. The van der Waals surface area contributed by atoms with Crippen LogP contribution >= 0.6 is 0 Å². The molecule has 0 radical (unpaired) electrons. The average molecular weight is 244 g/mol. The van der Waals surface area contributed by atoms with Gasteiger partial charge in [-0.3, -0.25) is 4.79 Å². The van der Waals surface area contributed by atoms with Crippen LogP contribution in [-0.4, -0.2) is 26.0 Å². The van der Waals surface area contributed by atoms with E-state index in [2.05, 4.69) is 0 Å². The summed E-state index contributed by atoms with van der Waals surface area (Å²) in [5, 5.41) is 13.7. The third-order valence-electron chi connectivity index (χ3n) is 1.99. The fraction of sp³-hybridized carbons (Fsp3) is 0.222. The van der Waals surface area contributed by atoms with Crippen LogP contribution in [0.3, 0.4) is 0 Å². The predicted octanol–water partition coefficient (Wildman–Crippen LogP) is -0.352. The number of carboxylic acid groups (broad SMARTS) is 1. The molecule has 0 saturated carbocycles. The van der Waals surface area contributed by atoms with E-state index in [1.165, 1.54) is 0 Å². The number of benzene rings is 1. The third kappa shape index (κ3) is 3.97. The number of nitrogens with two attached hydrogens (primary N) is 1. The molecule has 1 aromatic rings. The van der Waals surface area contributed by atoms with E-state index in [-0.39, 0.29) is 6.54 Å². The first kappa shape index (κ1) is 12.6. The van der Waals surface area contributed by atoms with Crippen molar-refractivity contribution >= 4 is 16.2 Å². The molecule has 0 aliphatic heterocycles. The van der Waals surface area contributed by atoms with Gasteiger partial charge in [0.1, 0.15) is 0 Å². The molecule has 4 N–H and O–H groups in total. The Morgan fingerprint density at radius 3 is 2.38 bits per heavy atom. The summed E-state index contributed by atoms with van der Waals surface area (Å²) < 4.78 is 23.3. The summed E-state index contributed by atoms with van der Waals surface area (Å²) in [7, 11) is -3.87. The largest absolute Gasteiger partial charge is 0.481 e. The molecule has 1 atom stereocenters. The van der Waals surface area contributed by atoms with Crippen molar-refractivity contribution in [3.63, 3.8) is 0 Å². The maximum atomic E-state index is 10.9. The lowest BCUT2D eigenvalue weighted by Crippen LogP contribution is -2.36. The Morgan fingerprint density at radius 1 is 1.38 bits per heavy atom. The third-order valence-corrected chi connectivity index (χ3v) is 2.56. The molecule has 0 fully saturated rings. The molecule has 0 aliphatic carbocycles. The van der Waals surface area contributed by atoms with E-state index in [0.29, 0.717) is 5.56 Å².